The maximum atomic E-state index is 8.70. The molecule has 1 aromatic heterocycles. The highest BCUT2D eigenvalue weighted by Gasteiger charge is 2.05. The molecule has 0 aliphatic rings. The second kappa shape index (κ2) is 4.61. The van der Waals surface area contributed by atoms with E-state index in [-0.39, 0.29) is 6.61 Å². The summed E-state index contributed by atoms with van der Waals surface area (Å²) in [6, 6.07) is 9.52. The quantitative estimate of drug-likeness (QED) is 0.792. The van der Waals surface area contributed by atoms with Crippen molar-refractivity contribution >= 4 is 0 Å². The molecule has 4 nitrogen and oxygen atoms in total. The van der Waals surface area contributed by atoms with E-state index in [1.807, 2.05) is 30.3 Å². The molecule has 0 saturated carbocycles. The summed E-state index contributed by atoms with van der Waals surface area (Å²) >= 11 is 0. The summed E-state index contributed by atoms with van der Waals surface area (Å²) in [4.78, 5) is 0. The monoisotopic (exact) mass is 204 g/mol. The zero-order valence-electron chi connectivity index (χ0n) is 8.18. The van der Waals surface area contributed by atoms with Crippen molar-refractivity contribution in [2.45, 2.75) is 0 Å². The van der Waals surface area contributed by atoms with Crippen LogP contribution >= 0.6 is 0 Å². The Bertz CT molecular complexity index is 412. The molecular formula is C11H12N2O2. The number of para-hydroxylation sites is 1. The SMILES string of the molecule is OCCOc1ccccc1-c1ccn[nH]1. The lowest BCUT2D eigenvalue weighted by Gasteiger charge is -2.08. The molecule has 0 fully saturated rings. The van der Waals surface area contributed by atoms with Gasteiger partial charge in [-0.3, -0.25) is 5.10 Å². The Kier molecular flexibility index (Phi) is 2.99. The second-order valence-corrected chi connectivity index (χ2v) is 3.04. The van der Waals surface area contributed by atoms with Crippen LogP contribution < -0.4 is 4.74 Å². The number of nitrogens with one attached hydrogen (secondary N) is 1. The first kappa shape index (κ1) is 9.73. The van der Waals surface area contributed by atoms with Crippen LogP contribution in [0.25, 0.3) is 11.3 Å². The van der Waals surface area contributed by atoms with E-state index in [1.54, 1.807) is 6.20 Å². The summed E-state index contributed by atoms with van der Waals surface area (Å²) in [6.45, 7) is 0.308. The third-order valence-corrected chi connectivity index (χ3v) is 2.03. The molecular weight excluding hydrogens is 192 g/mol. The Morgan fingerprint density at radius 1 is 1.27 bits per heavy atom. The molecule has 2 rings (SSSR count). The number of hydrogen-bond donors (Lipinski definition) is 2. The summed E-state index contributed by atoms with van der Waals surface area (Å²) in [5.74, 6) is 0.746. The van der Waals surface area contributed by atoms with Crippen LogP contribution in [0.15, 0.2) is 36.5 Å². The van der Waals surface area contributed by atoms with Gasteiger partial charge >= 0.3 is 0 Å². The predicted octanol–water partition coefficient (Wildman–Crippen LogP) is 1.45. The molecule has 0 aliphatic heterocycles. The third-order valence-electron chi connectivity index (χ3n) is 2.03. The van der Waals surface area contributed by atoms with Gasteiger partial charge in [-0.25, -0.2) is 0 Å². The van der Waals surface area contributed by atoms with Crippen LogP contribution in [0, 0.1) is 0 Å². The molecule has 0 saturated heterocycles. The van der Waals surface area contributed by atoms with Crippen LogP contribution in [0.3, 0.4) is 0 Å². The number of hydrogen-bond acceptors (Lipinski definition) is 3. The van der Waals surface area contributed by atoms with Crippen LogP contribution in [0.2, 0.25) is 0 Å². The average Bonchev–Trinajstić information content (AvgIpc) is 2.80. The van der Waals surface area contributed by atoms with Gasteiger partial charge < -0.3 is 9.84 Å². The summed E-state index contributed by atoms with van der Waals surface area (Å²) < 4.78 is 5.41. The molecule has 4 heteroatoms. The molecule has 0 bridgehead atoms. The minimum atomic E-state index is 0.0112. The van der Waals surface area contributed by atoms with E-state index < -0.39 is 0 Å². The van der Waals surface area contributed by atoms with Crippen molar-refractivity contribution in [1.82, 2.24) is 10.2 Å². The van der Waals surface area contributed by atoms with E-state index in [0.717, 1.165) is 17.0 Å². The first-order valence-electron chi connectivity index (χ1n) is 4.74. The van der Waals surface area contributed by atoms with Crippen molar-refractivity contribution in [3.63, 3.8) is 0 Å². The second-order valence-electron chi connectivity index (χ2n) is 3.04. The smallest absolute Gasteiger partial charge is 0.128 e. The fourth-order valence-corrected chi connectivity index (χ4v) is 1.38. The van der Waals surface area contributed by atoms with Gasteiger partial charge in [0.25, 0.3) is 0 Å². The molecule has 0 aliphatic carbocycles. The van der Waals surface area contributed by atoms with Gasteiger partial charge in [0.2, 0.25) is 0 Å². The van der Waals surface area contributed by atoms with E-state index >= 15 is 0 Å². The average molecular weight is 204 g/mol. The fourth-order valence-electron chi connectivity index (χ4n) is 1.38. The van der Waals surface area contributed by atoms with Gasteiger partial charge in [-0.05, 0) is 18.2 Å². The lowest BCUT2D eigenvalue weighted by Crippen LogP contribution is -2.02. The lowest BCUT2D eigenvalue weighted by atomic mass is 10.1. The zero-order chi connectivity index (χ0) is 10.5. The largest absolute Gasteiger partial charge is 0.490 e. The van der Waals surface area contributed by atoms with Crippen molar-refractivity contribution in [3.05, 3.63) is 36.5 Å². The Labute approximate surface area is 87.5 Å². The Morgan fingerprint density at radius 2 is 2.13 bits per heavy atom. The molecule has 1 heterocycles. The van der Waals surface area contributed by atoms with E-state index in [9.17, 15) is 0 Å². The van der Waals surface area contributed by atoms with Gasteiger partial charge in [-0.2, -0.15) is 5.10 Å². The molecule has 0 spiro atoms. The molecule has 78 valence electrons. The van der Waals surface area contributed by atoms with E-state index in [0.29, 0.717) is 6.61 Å². The van der Waals surface area contributed by atoms with E-state index in [1.165, 1.54) is 0 Å². The zero-order valence-corrected chi connectivity index (χ0v) is 8.18. The van der Waals surface area contributed by atoms with Gasteiger partial charge in [0.05, 0.1) is 12.3 Å². The number of ether oxygens (including phenoxy) is 1. The molecule has 0 amide bonds. The standard InChI is InChI=1S/C11H12N2O2/c14-7-8-15-11-4-2-1-3-9(11)10-5-6-12-13-10/h1-6,14H,7-8H2,(H,12,13). The van der Waals surface area contributed by atoms with Crippen LogP contribution in [0.4, 0.5) is 0 Å². The summed E-state index contributed by atoms with van der Waals surface area (Å²) in [6.07, 6.45) is 1.69. The Hall–Kier alpha value is -1.81. The van der Waals surface area contributed by atoms with Gasteiger partial charge in [0, 0.05) is 11.8 Å². The van der Waals surface area contributed by atoms with Crippen molar-refractivity contribution < 1.29 is 9.84 Å². The number of H-pyrrole nitrogens is 1. The van der Waals surface area contributed by atoms with Crippen molar-refractivity contribution in [1.29, 1.82) is 0 Å². The lowest BCUT2D eigenvalue weighted by molar-refractivity contribution is 0.202. The fraction of sp³-hybridized carbons (Fsp3) is 0.182. The number of aromatic amines is 1. The normalized spacial score (nSPS) is 10.2. The van der Waals surface area contributed by atoms with Crippen LogP contribution in [0.5, 0.6) is 5.75 Å². The minimum Gasteiger partial charge on any atom is -0.490 e. The van der Waals surface area contributed by atoms with Gasteiger partial charge in [0.1, 0.15) is 12.4 Å². The number of benzene rings is 1. The number of rotatable bonds is 4. The predicted molar refractivity (Wildman–Crippen MR) is 56.6 cm³/mol. The number of aliphatic hydroxyl groups excluding tert-OH is 1. The molecule has 0 radical (unpaired) electrons. The Balaban J connectivity index is 2.30. The van der Waals surface area contributed by atoms with Gasteiger partial charge in [-0.15, -0.1) is 0 Å². The molecule has 0 unspecified atom stereocenters. The minimum absolute atomic E-state index is 0.0112. The highest BCUT2D eigenvalue weighted by Crippen LogP contribution is 2.27. The highest BCUT2D eigenvalue weighted by molar-refractivity contribution is 5.66. The maximum absolute atomic E-state index is 8.70. The van der Waals surface area contributed by atoms with E-state index in [4.69, 9.17) is 9.84 Å². The molecule has 2 aromatic rings. The summed E-state index contributed by atoms with van der Waals surface area (Å²) in [7, 11) is 0. The molecule has 15 heavy (non-hydrogen) atoms. The van der Waals surface area contributed by atoms with Crippen molar-refractivity contribution in [2.75, 3.05) is 13.2 Å². The van der Waals surface area contributed by atoms with Crippen molar-refractivity contribution in [2.24, 2.45) is 0 Å². The molecule has 1 aromatic carbocycles. The maximum Gasteiger partial charge on any atom is 0.128 e. The summed E-state index contributed by atoms with van der Waals surface area (Å²) in [5.41, 5.74) is 1.85. The highest BCUT2D eigenvalue weighted by atomic mass is 16.5. The Morgan fingerprint density at radius 3 is 2.87 bits per heavy atom. The number of aliphatic hydroxyl groups is 1. The third kappa shape index (κ3) is 2.16. The van der Waals surface area contributed by atoms with Crippen LogP contribution in [-0.2, 0) is 0 Å². The van der Waals surface area contributed by atoms with Gasteiger partial charge in [0.15, 0.2) is 0 Å². The van der Waals surface area contributed by atoms with Gasteiger partial charge in [-0.1, -0.05) is 12.1 Å². The van der Waals surface area contributed by atoms with Crippen LogP contribution in [-0.4, -0.2) is 28.5 Å². The first-order valence-corrected chi connectivity index (χ1v) is 4.74. The van der Waals surface area contributed by atoms with Crippen LogP contribution in [0.1, 0.15) is 0 Å². The summed E-state index contributed by atoms with van der Waals surface area (Å²) in [5, 5.41) is 15.5. The topological polar surface area (TPSA) is 58.1 Å². The number of nitrogens with zero attached hydrogens (tertiary/aromatic N) is 1. The molecule has 0 atom stereocenters. The van der Waals surface area contributed by atoms with Crippen molar-refractivity contribution in [3.8, 4) is 17.0 Å². The number of aromatic nitrogens is 2. The first-order chi connectivity index (χ1) is 7.42. The molecule has 2 N–H and O–H groups in total. The van der Waals surface area contributed by atoms with E-state index in [2.05, 4.69) is 10.2 Å².